The number of benzene rings is 2. The Morgan fingerprint density at radius 3 is 2.48 bits per heavy atom. The van der Waals surface area contributed by atoms with Crippen LogP contribution < -0.4 is 14.8 Å². The normalized spacial score (nSPS) is 11.3. The first-order valence-electron chi connectivity index (χ1n) is 7.53. The summed E-state index contributed by atoms with van der Waals surface area (Å²) in [4.78, 5) is 12.3. The first kappa shape index (κ1) is 18.9. The van der Waals surface area contributed by atoms with E-state index >= 15 is 0 Å². The molecule has 2 rings (SSSR count). The van der Waals surface area contributed by atoms with E-state index in [1.165, 1.54) is 0 Å². The van der Waals surface area contributed by atoms with Gasteiger partial charge in [-0.1, -0.05) is 23.2 Å². The van der Waals surface area contributed by atoms with Crippen LogP contribution in [0.15, 0.2) is 36.4 Å². The van der Waals surface area contributed by atoms with Crippen LogP contribution in [-0.2, 0) is 4.79 Å². The predicted octanol–water partition coefficient (Wildman–Crippen LogP) is 4.67. The van der Waals surface area contributed by atoms with Gasteiger partial charge in [0.15, 0.2) is 17.6 Å². The summed E-state index contributed by atoms with van der Waals surface area (Å²) in [5.41, 5.74) is 0.921. The average Bonchev–Trinajstić information content (AvgIpc) is 2.55. The van der Waals surface area contributed by atoms with Crippen LogP contribution in [0.2, 0.25) is 10.0 Å². The molecule has 0 aliphatic rings. The smallest absolute Gasteiger partial charge is 0.265 e. The highest BCUT2D eigenvalue weighted by Crippen LogP contribution is 2.29. The van der Waals surface area contributed by atoms with E-state index in [0.717, 1.165) is 0 Å². The van der Waals surface area contributed by atoms with Crippen molar-refractivity contribution in [2.45, 2.75) is 20.0 Å². The molecule has 0 heterocycles. The number of carbonyl (C=O) groups excluding carboxylic acids is 1. The van der Waals surface area contributed by atoms with E-state index in [0.29, 0.717) is 39.4 Å². The van der Waals surface area contributed by atoms with Gasteiger partial charge in [-0.15, -0.1) is 0 Å². The molecule has 0 unspecified atom stereocenters. The largest absolute Gasteiger partial charge is 0.490 e. The van der Waals surface area contributed by atoms with E-state index in [2.05, 4.69) is 5.32 Å². The molecule has 1 amide bonds. The fourth-order valence-corrected chi connectivity index (χ4v) is 2.58. The SMILES string of the molecule is CCOc1cc(C#N)ccc1O[C@@H](C)C(=O)Nc1cc(Cl)cc(Cl)c1. The highest BCUT2D eigenvalue weighted by molar-refractivity contribution is 6.35. The number of halogens is 2. The molecule has 0 saturated heterocycles. The highest BCUT2D eigenvalue weighted by Gasteiger charge is 2.18. The molecule has 0 spiro atoms. The zero-order valence-corrected chi connectivity index (χ0v) is 15.2. The maximum absolute atomic E-state index is 12.3. The summed E-state index contributed by atoms with van der Waals surface area (Å²) in [7, 11) is 0. The van der Waals surface area contributed by atoms with Crippen LogP contribution in [0.4, 0.5) is 5.69 Å². The standard InChI is InChI=1S/C18H16Cl2N2O3/c1-3-24-17-6-12(10-21)4-5-16(17)25-11(2)18(23)22-15-8-13(19)7-14(20)9-15/h4-9,11H,3H2,1-2H3,(H,22,23)/t11-/m0/s1. The average molecular weight is 379 g/mol. The number of hydrogen-bond donors (Lipinski definition) is 1. The van der Waals surface area contributed by atoms with Gasteiger partial charge in [-0.25, -0.2) is 0 Å². The Kier molecular flexibility index (Phi) is 6.51. The highest BCUT2D eigenvalue weighted by atomic mass is 35.5. The zero-order chi connectivity index (χ0) is 18.4. The zero-order valence-electron chi connectivity index (χ0n) is 13.7. The van der Waals surface area contributed by atoms with Gasteiger partial charge in [-0.05, 0) is 44.2 Å². The number of hydrogen-bond acceptors (Lipinski definition) is 4. The topological polar surface area (TPSA) is 71.3 Å². The maximum Gasteiger partial charge on any atom is 0.265 e. The van der Waals surface area contributed by atoms with E-state index < -0.39 is 6.10 Å². The number of rotatable bonds is 6. The second-order valence-corrected chi connectivity index (χ2v) is 5.99. The summed E-state index contributed by atoms with van der Waals surface area (Å²) in [6.45, 7) is 3.84. The Bertz CT molecular complexity index is 798. The molecule has 7 heteroatoms. The van der Waals surface area contributed by atoms with Crippen molar-refractivity contribution in [2.75, 3.05) is 11.9 Å². The van der Waals surface area contributed by atoms with Crippen molar-refractivity contribution in [3.05, 3.63) is 52.0 Å². The first-order valence-corrected chi connectivity index (χ1v) is 8.29. The number of ether oxygens (including phenoxy) is 2. The molecule has 5 nitrogen and oxygen atoms in total. The minimum atomic E-state index is -0.801. The van der Waals surface area contributed by atoms with Gasteiger partial charge in [0.2, 0.25) is 0 Å². The molecule has 0 aliphatic carbocycles. The minimum absolute atomic E-state index is 0.370. The summed E-state index contributed by atoms with van der Waals surface area (Å²) in [5, 5.41) is 12.5. The summed E-state index contributed by atoms with van der Waals surface area (Å²) < 4.78 is 11.1. The second kappa shape index (κ2) is 8.61. The van der Waals surface area contributed by atoms with Crippen LogP contribution >= 0.6 is 23.2 Å². The number of nitriles is 1. The molecule has 130 valence electrons. The van der Waals surface area contributed by atoms with Gasteiger partial charge in [0.05, 0.1) is 18.2 Å². The van der Waals surface area contributed by atoms with Crippen LogP contribution in [0.3, 0.4) is 0 Å². The van der Waals surface area contributed by atoms with Crippen molar-refractivity contribution in [1.29, 1.82) is 5.26 Å². The monoisotopic (exact) mass is 378 g/mol. The van der Waals surface area contributed by atoms with Gasteiger partial charge in [0, 0.05) is 21.8 Å². The molecule has 0 bridgehead atoms. The Labute approximate surface area is 156 Å². The third kappa shape index (κ3) is 5.28. The van der Waals surface area contributed by atoms with Crippen molar-refractivity contribution >= 4 is 34.8 Å². The molecular weight excluding hydrogens is 363 g/mol. The van der Waals surface area contributed by atoms with Gasteiger partial charge in [-0.3, -0.25) is 4.79 Å². The lowest BCUT2D eigenvalue weighted by Gasteiger charge is -2.17. The van der Waals surface area contributed by atoms with Gasteiger partial charge in [0.25, 0.3) is 5.91 Å². The van der Waals surface area contributed by atoms with Crippen molar-refractivity contribution in [3.63, 3.8) is 0 Å². The molecule has 25 heavy (non-hydrogen) atoms. The van der Waals surface area contributed by atoms with Crippen LogP contribution in [-0.4, -0.2) is 18.6 Å². The van der Waals surface area contributed by atoms with Crippen molar-refractivity contribution in [1.82, 2.24) is 0 Å². The maximum atomic E-state index is 12.3. The Balaban J connectivity index is 2.11. The molecule has 1 atom stereocenters. The third-order valence-corrected chi connectivity index (χ3v) is 3.61. The van der Waals surface area contributed by atoms with Crippen molar-refractivity contribution < 1.29 is 14.3 Å². The molecule has 2 aromatic rings. The summed E-state index contributed by atoms with van der Waals surface area (Å²) in [6, 6.07) is 11.5. The third-order valence-electron chi connectivity index (χ3n) is 3.18. The second-order valence-electron chi connectivity index (χ2n) is 5.11. The van der Waals surface area contributed by atoms with E-state index in [-0.39, 0.29) is 5.91 Å². The molecule has 0 radical (unpaired) electrons. The summed E-state index contributed by atoms with van der Waals surface area (Å²) in [6.07, 6.45) is -0.801. The molecule has 0 aliphatic heterocycles. The van der Waals surface area contributed by atoms with E-state index in [9.17, 15) is 4.79 Å². The van der Waals surface area contributed by atoms with E-state index in [4.69, 9.17) is 37.9 Å². The van der Waals surface area contributed by atoms with Crippen LogP contribution in [0, 0.1) is 11.3 Å². The van der Waals surface area contributed by atoms with Gasteiger partial charge in [-0.2, -0.15) is 5.26 Å². The van der Waals surface area contributed by atoms with Gasteiger partial charge in [0.1, 0.15) is 0 Å². The lowest BCUT2D eigenvalue weighted by molar-refractivity contribution is -0.122. The van der Waals surface area contributed by atoms with E-state index in [1.54, 1.807) is 43.3 Å². The lowest BCUT2D eigenvalue weighted by Crippen LogP contribution is -2.30. The predicted molar refractivity (Wildman–Crippen MR) is 97.5 cm³/mol. The van der Waals surface area contributed by atoms with Crippen LogP contribution in [0.25, 0.3) is 0 Å². The quantitative estimate of drug-likeness (QED) is 0.792. The fraction of sp³-hybridized carbons (Fsp3) is 0.222. The number of carbonyl (C=O) groups is 1. The summed E-state index contributed by atoms with van der Waals surface area (Å²) >= 11 is 11.8. The molecule has 0 saturated carbocycles. The summed E-state index contributed by atoms with van der Waals surface area (Å²) in [5.74, 6) is 0.421. The van der Waals surface area contributed by atoms with Crippen LogP contribution in [0.5, 0.6) is 11.5 Å². The van der Waals surface area contributed by atoms with Crippen LogP contribution in [0.1, 0.15) is 19.4 Å². The van der Waals surface area contributed by atoms with E-state index in [1.807, 2.05) is 13.0 Å². The number of nitrogens with one attached hydrogen (secondary N) is 1. The fourth-order valence-electron chi connectivity index (χ4n) is 2.06. The lowest BCUT2D eigenvalue weighted by atomic mass is 10.2. The Morgan fingerprint density at radius 1 is 1.20 bits per heavy atom. The van der Waals surface area contributed by atoms with Gasteiger partial charge < -0.3 is 14.8 Å². The van der Waals surface area contributed by atoms with Crippen molar-refractivity contribution in [3.8, 4) is 17.6 Å². The Hall–Kier alpha value is -2.42. The molecule has 0 aromatic heterocycles. The Morgan fingerprint density at radius 2 is 1.88 bits per heavy atom. The van der Waals surface area contributed by atoms with Gasteiger partial charge >= 0.3 is 0 Å². The first-order chi connectivity index (χ1) is 11.9. The number of nitrogens with zero attached hydrogens (tertiary/aromatic N) is 1. The van der Waals surface area contributed by atoms with Crippen molar-refractivity contribution in [2.24, 2.45) is 0 Å². The molecule has 0 fully saturated rings. The molecule has 2 aromatic carbocycles. The number of amides is 1. The molecular formula is C18H16Cl2N2O3. The minimum Gasteiger partial charge on any atom is -0.490 e. The molecule has 1 N–H and O–H groups in total. The number of anilines is 1.